The molecule has 5 aromatic carbocycles. The van der Waals surface area contributed by atoms with Gasteiger partial charge in [-0.2, -0.15) is 0 Å². The van der Waals surface area contributed by atoms with E-state index >= 15 is 0 Å². The SMILES string of the molecule is [2H]c1c([2H])c([2H])c(-c2cccc3c2c2c(C(C)(C)C)c(-c4c([2H])c([2H])c(C)c([2H])c4[2H])ccc2n3-c2cc(C(C)(C)C)cc(C(C)(C)C)c2)c([2H])c1[2H]. The molecule has 1 nitrogen and oxygen atoms in total. The Labute approximate surface area is 277 Å². The molecule has 0 radical (unpaired) electrons. The molecule has 0 aliphatic heterocycles. The van der Waals surface area contributed by atoms with E-state index in [0.29, 0.717) is 16.5 Å². The van der Waals surface area contributed by atoms with E-state index in [1.165, 1.54) is 0 Å². The maximum absolute atomic E-state index is 9.08. The van der Waals surface area contributed by atoms with Gasteiger partial charge >= 0.3 is 0 Å². The quantitative estimate of drug-likeness (QED) is 0.194. The molecule has 44 heavy (non-hydrogen) atoms. The van der Waals surface area contributed by atoms with Gasteiger partial charge in [-0.25, -0.2) is 0 Å². The number of hydrogen-bond donors (Lipinski definition) is 0. The molecule has 0 unspecified atom stereocenters. The van der Waals surface area contributed by atoms with E-state index in [0.717, 1.165) is 38.8 Å². The van der Waals surface area contributed by atoms with E-state index in [4.69, 9.17) is 12.3 Å². The first-order valence-corrected chi connectivity index (χ1v) is 15.3. The van der Waals surface area contributed by atoms with Crippen LogP contribution in [0.3, 0.4) is 0 Å². The van der Waals surface area contributed by atoms with Crippen molar-refractivity contribution in [2.45, 2.75) is 85.5 Å². The van der Waals surface area contributed by atoms with Crippen LogP contribution >= 0.6 is 0 Å². The largest absolute Gasteiger partial charge is 0.309 e. The Hall–Kier alpha value is -4.10. The normalized spacial score (nSPS) is 15.6. The highest BCUT2D eigenvalue weighted by atomic mass is 15.0. The van der Waals surface area contributed by atoms with Crippen molar-refractivity contribution >= 4 is 21.8 Å². The van der Waals surface area contributed by atoms with Gasteiger partial charge in [0, 0.05) is 16.5 Å². The van der Waals surface area contributed by atoms with Crippen LogP contribution in [0.2, 0.25) is 0 Å². The van der Waals surface area contributed by atoms with Gasteiger partial charge in [0.15, 0.2) is 0 Å². The molecule has 0 amide bonds. The van der Waals surface area contributed by atoms with Gasteiger partial charge in [0.25, 0.3) is 0 Å². The first-order valence-electron chi connectivity index (χ1n) is 19.8. The van der Waals surface area contributed by atoms with Crippen molar-refractivity contribution in [2.24, 2.45) is 0 Å². The van der Waals surface area contributed by atoms with E-state index in [9.17, 15) is 0 Å². The molecular weight excluding hydrogens is 530 g/mol. The van der Waals surface area contributed by atoms with Gasteiger partial charge in [-0.1, -0.05) is 147 Å². The minimum Gasteiger partial charge on any atom is -0.309 e. The van der Waals surface area contributed by atoms with Crippen molar-refractivity contribution in [3.63, 3.8) is 0 Å². The van der Waals surface area contributed by atoms with Crippen molar-refractivity contribution < 1.29 is 12.3 Å². The highest BCUT2D eigenvalue weighted by molar-refractivity contribution is 6.18. The summed E-state index contributed by atoms with van der Waals surface area (Å²) in [5.74, 6) is 0. The average molecular weight is 587 g/mol. The van der Waals surface area contributed by atoms with E-state index in [1.54, 1.807) is 13.0 Å². The summed E-state index contributed by atoms with van der Waals surface area (Å²) in [6, 6.07) is 13.8. The summed E-state index contributed by atoms with van der Waals surface area (Å²) >= 11 is 0. The molecule has 1 heterocycles. The third kappa shape index (κ3) is 5.28. The smallest absolute Gasteiger partial charge is 0.0629 e. The van der Waals surface area contributed by atoms with Crippen LogP contribution in [0.5, 0.6) is 0 Å². The minimum atomic E-state index is -0.626. The summed E-state index contributed by atoms with van der Waals surface area (Å²) in [6.45, 7) is 20.8. The third-order valence-electron chi connectivity index (χ3n) is 8.40. The Balaban J connectivity index is 1.95. The highest BCUT2D eigenvalue weighted by Gasteiger charge is 2.28. The van der Waals surface area contributed by atoms with Gasteiger partial charge in [-0.15, -0.1) is 0 Å². The zero-order valence-corrected chi connectivity index (χ0v) is 27.6. The molecule has 0 atom stereocenters. The van der Waals surface area contributed by atoms with Crippen molar-refractivity contribution in [3.8, 4) is 27.9 Å². The molecule has 6 aromatic rings. The fraction of sp³-hybridized carbons (Fsp3) is 0.302. The Morgan fingerprint density at radius 1 is 0.545 bits per heavy atom. The minimum absolute atomic E-state index is 0.0873. The molecular formula is C43H47N. The van der Waals surface area contributed by atoms with E-state index < -0.39 is 23.5 Å². The lowest BCUT2D eigenvalue weighted by Gasteiger charge is -2.27. The molecule has 0 saturated heterocycles. The Morgan fingerprint density at radius 2 is 1.11 bits per heavy atom. The van der Waals surface area contributed by atoms with E-state index in [1.807, 2.05) is 45.0 Å². The van der Waals surface area contributed by atoms with Crippen molar-refractivity contribution in [2.75, 3.05) is 0 Å². The Kier molecular flexibility index (Phi) is 4.97. The van der Waals surface area contributed by atoms with Crippen LogP contribution in [0.25, 0.3) is 49.7 Å². The zero-order chi connectivity index (χ0) is 39.4. The second kappa shape index (κ2) is 10.5. The number of benzene rings is 5. The Morgan fingerprint density at radius 3 is 1.68 bits per heavy atom. The van der Waals surface area contributed by atoms with Crippen LogP contribution in [0.15, 0.2) is 103 Å². The zero-order valence-electron chi connectivity index (χ0n) is 36.6. The van der Waals surface area contributed by atoms with E-state index in [-0.39, 0.29) is 63.8 Å². The van der Waals surface area contributed by atoms with Crippen molar-refractivity contribution in [1.82, 2.24) is 4.57 Å². The van der Waals surface area contributed by atoms with Crippen molar-refractivity contribution in [3.05, 3.63) is 125 Å². The molecule has 1 heteroatoms. The summed E-state index contributed by atoms with van der Waals surface area (Å²) in [4.78, 5) is 0. The van der Waals surface area contributed by atoms with Gasteiger partial charge in [0.1, 0.15) is 0 Å². The third-order valence-corrected chi connectivity index (χ3v) is 8.40. The molecule has 0 aliphatic rings. The van der Waals surface area contributed by atoms with Crippen LogP contribution in [-0.2, 0) is 16.2 Å². The molecule has 0 N–H and O–H groups in total. The highest BCUT2D eigenvalue weighted by Crippen LogP contribution is 2.47. The molecule has 0 fully saturated rings. The Bertz CT molecular complexity index is 2410. The lowest BCUT2D eigenvalue weighted by Crippen LogP contribution is -2.17. The number of fused-ring (bicyclic) bond motifs is 3. The monoisotopic (exact) mass is 586 g/mol. The maximum atomic E-state index is 9.08. The number of nitrogens with zero attached hydrogens (tertiary/aromatic N) is 1. The van der Waals surface area contributed by atoms with Gasteiger partial charge < -0.3 is 4.57 Å². The lowest BCUT2D eigenvalue weighted by molar-refractivity contribution is 0.568. The predicted octanol–water partition coefficient (Wildman–Crippen LogP) is 12.3. The van der Waals surface area contributed by atoms with Gasteiger partial charge in [-0.3, -0.25) is 0 Å². The first-order chi connectivity index (χ1) is 24.4. The average Bonchev–Trinajstić information content (AvgIpc) is 3.41. The molecule has 1 aromatic heterocycles. The fourth-order valence-electron chi connectivity index (χ4n) is 6.12. The summed E-state index contributed by atoms with van der Waals surface area (Å²) in [6.07, 6.45) is 0. The van der Waals surface area contributed by atoms with Crippen molar-refractivity contribution in [1.29, 1.82) is 0 Å². The molecule has 0 spiro atoms. The van der Waals surface area contributed by atoms with Crippen LogP contribution in [0, 0.1) is 6.92 Å². The predicted molar refractivity (Wildman–Crippen MR) is 192 cm³/mol. The lowest BCUT2D eigenvalue weighted by atomic mass is 9.78. The standard InChI is InChI=1S/C43H47N/c1-28-19-21-30(22-20-28)35-23-24-37-39(40(35)43(8,9)10)38-34(29-15-12-11-13-16-29)17-14-18-36(38)44(37)33-26-31(41(2,3)4)25-32(27-33)42(5,6)7/h11-27H,1-10H3/i11D,12D,13D,15D,16D,19D,20D,21D,22D. The summed E-state index contributed by atoms with van der Waals surface area (Å²) < 4.78 is 81.3. The summed E-state index contributed by atoms with van der Waals surface area (Å²) in [7, 11) is 0. The summed E-state index contributed by atoms with van der Waals surface area (Å²) in [5, 5.41) is 1.43. The molecule has 6 rings (SSSR count). The number of aromatic nitrogens is 1. The van der Waals surface area contributed by atoms with Crippen LogP contribution in [-0.4, -0.2) is 4.57 Å². The maximum Gasteiger partial charge on any atom is 0.0629 e. The van der Waals surface area contributed by atoms with Gasteiger partial charge in [-0.05, 0) is 86.4 Å². The molecule has 0 aliphatic carbocycles. The van der Waals surface area contributed by atoms with Crippen LogP contribution in [0.1, 0.15) is 96.9 Å². The second-order valence-corrected chi connectivity index (χ2v) is 14.9. The van der Waals surface area contributed by atoms with Crippen LogP contribution in [0.4, 0.5) is 0 Å². The van der Waals surface area contributed by atoms with Gasteiger partial charge in [0.2, 0.25) is 0 Å². The van der Waals surface area contributed by atoms with E-state index in [2.05, 4.69) is 64.3 Å². The topological polar surface area (TPSA) is 4.93 Å². The van der Waals surface area contributed by atoms with Gasteiger partial charge in [0.05, 0.1) is 23.4 Å². The number of rotatable bonds is 3. The number of hydrogen-bond acceptors (Lipinski definition) is 0. The fourth-order valence-corrected chi connectivity index (χ4v) is 6.12. The molecule has 0 bridgehead atoms. The van der Waals surface area contributed by atoms with Crippen LogP contribution < -0.4 is 0 Å². The second-order valence-electron chi connectivity index (χ2n) is 14.9. The summed E-state index contributed by atoms with van der Waals surface area (Å²) in [5.41, 5.74) is 6.14. The molecule has 0 saturated carbocycles. The first kappa shape index (κ1) is 20.8. The molecule has 224 valence electrons.